The predicted molar refractivity (Wildman–Crippen MR) is 36.2 cm³/mol. The fourth-order valence-corrected chi connectivity index (χ4v) is 0. The zero-order valence-electron chi connectivity index (χ0n) is 5.50. The molecule has 0 aromatic heterocycles. The Morgan fingerprint density at radius 1 is 1.00 bits per heavy atom. The van der Waals surface area contributed by atoms with Crippen molar-refractivity contribution in [3.8, 4) is 0 Å². The van der Waals surface area contributed by atoms with Crippen LogP contribution in [-0.2, 0) is 0 Å². The maximum atomic E-state index is 7.33. The van der Waals surface area contributed by atoms with E-state index in [0.29, 0.717) is 0 Å². The molecule has 0 aliphatic rings. The summed E-state index contributed by atoms with van der Waals surface area (Å²) in [6.07, 6.45) is 0. The standard InChI is InChI=1S/Al.Ba.H4O4Si.H2O.5H/c;;1-5(2,3)4;;;;;;/h;;1-4H;1H2;;;;;/q;+2;;;;;;2*-1. The van der Waals surface area contributed by atoms with E-state index in [1.165, 1.54) is 0 Å². The van der Waals surface area contributed by atoms with Crippen LogP contribution in [-0.4, -0.2) is 99.9 Å². The number of hydrogen-bond donors (Lipinski definition) is 4. The molecule has 0 amide bonds. The molecule has 0 aliphatic heterocycles. The van der Waals surface area contributed by atoms with Crippen molar-refractivity contribution in [2.75, 3.05) is 0 Å². The van der Waals surface area contributed by atoms with Crippen LogP contribution >= 0.6 is 0 Å². The Bertz CT molecular complexity index is 35.1. The monoisotopic (exact) mass is 284 g/mol. The molecule has 0 radical (unpaired) electrons. The molecule has 0 fully saturated rings. The van der Waals surface area contributed by atoms with Crippen molar-refractivity contribution in [1.29, 1.82) is 0 Å². The summed E-state index contributed by atoms with van der Waals surface area (Å²) in [4.78, 5) is 29.3. The van der Waals surface area contributed by atoms with Crippen LogP contribution in [0.25, 0.3) is 0 Å². The Hall–Kier alpha value is 2.12. The molecule has 0 spiro atoms. The topological polar surface area (TPSA) is 112 Å². The van der Waals surface area contributed by atoms with Crippen molar-refractivity contribution in [2.45, 2.75) is 0 Å². The first-order chi connectivity index (χ1) is 2.00. The summed E-state index contributed by atoms with van der Waals surface area (Å²) >= 11 is 0. The first-order valence-electron chi connectivity index (χ1n) is 0.894. The van der Waals surface area contributed by atoms with E-state index in [-0.39, 0.29) is 74.6 Å². The van der Waals surface area contributed by atoms with Gasteiger partial charge in [0.25, 0.3) is 0 Å². The molecular formula is H11AlBaO5Si. The molecule has 50 valence electrons. The van der Waals surface area contributed by atoms with Crippen molar-refractivity contribution in [3.63, 3.8) is 0 Å². The molecule has 0 rings (SSSR count). The van der Waals surface area contributed by atoms with E-state index in [1.807, 2.05) is 0 Å². The van der Waals surface area contributed by atoms with Gasteiger partial charge in [0.15, 0.2) is 17.4 Å². The molecule has 0 heterocycles. The van der Waals surface area contributed by atoms with Crippen molar-refractivity contribution in [3.05, 3.63) is 0 Å². The van der Waals surface area contributed by atoms with Crippen LogP contribution in [0.2, 0.25) is 0 Å². The summed E-state index contributed by atoms with van der Waals surface area (Å²) in [5, 5.41) is 0. The van der Waals surface area contributed by atoms with Crippen molar-refractivity contribution >= 4 is 75.3 Å². The Balaban J connectivity index is -0.00000000800. The molecule has 0 saturated carbocycles. The molecule has 6 N–H and O–H groups in total. The van der Waals surface area contributed by atoms with E-state index >= 15 is 0 Å². The molecule has 8 heteroatoms. The molecule has 0 unspecified atom stereocenters. The second kappa shape index (κ2) is 9.12. The Morgan fingerprint density at radius 3 is 1.00 bits per heavy atom. The van der Waals surface area contributed by atoms with E-state index in [0.717, 1.165) is 0 Å². The Labute approximate surface area is 101 Å². The first-order valence-corrected chi connectivity index (χ1v) is 2.68. The van der Waals surface area contributed by atoms with E-state index < -0.39 is 9.05 Å². The molecule has 0 bridgehead atoms. The Morgan fingerprint density at radius 2 is 1.00 bits per heavy atom. The minimum Gasteiger partial charge on any atom is -1.00 e. The van der Waals surface area contributed by atoms with Crippen molar-refractivity contribution < 1.29 is 27.5 Å². The van der Waals surface area contributed by atoms with Gasteiger partial charge in [-0.3, -0.25) is 0 Å². The van der Waals surface area contributed by atoms with Gasteiger partial charge >= 0.3 is 57.9 Å². The van der Waals surface area contributed by atoms with Gasteiger partial charge < -0.3 is 27.5 Å². The van der Waals surface area contributed by atoms with E-state index in [9.17, 15) is 0 Å². The minimum atomic E-state index is -4.61. The number of hydrogen-bond acceptors (Lipinski definition) is 4. The van der Waals surface area contributed by atoms with E-state index in [4.69, 9.17) is 19.2 Å². The van der Waals surface area contributed by atoms with Crippen molar-refractivity contribution in [1.82, 2.24) is 0 Å². The van der Waals surface area contributed by atoms with Crippen LogP contribution in [0.4, 0.5) is 0 Å². The van der Waals surface area contributed by atoms with Crippen LogP contribution in [0.15, 0.2) is 0 Å². The van der Waals surface area contributed by atoms with Gasteiger partial charge in [-0.25, -0.2) is 0 Å². The predicted octanol–water partition coefficient (Wildman–Crippen LogP) is -4.77. The van der Waals surface area contributed by atoms with Crippen molar-refractivity contribution in [2.24, 2.45) is 0 Å². The minimum absolute atomic E-state index is 0. The second-order valence-electron chi connectivity index (χ2n) is 0.600. The molecule has 0 aromatic carbocycles. The average molecular weight is 283 g/mol. The third kappa shape index (κ3) is 91.6. The summed E-state index contributed by atoms with van der Waals surface area (Å²) in [7, 11) is -4.61. The second-order valence-corrected chi connectivity index (χ2v) is 1.80. The fourth-order valence-electron chi connectivity index (χ4n) is 0. The first kappa shape index (κ1) is 22.5. The van der Waals surface area contributed by atoms with Crippen LogP contribution in [0, 0.1) is 0 Å². The van der Waals surface area contributed by atoms with Gasteiger partial charge in [-0.1, -0.05) is 0 Å². The van der Waals surface area contributed by atoms with Gasteiger partial charge in [0.1, 0.15) is 0 Å². The average Bonchev–Trinajstić information content (AvgIpc) is 0.722. The third-order valence-corrected chi connectivity index (χ3v) is 0. The van der Waals surface area contributed by atoms with E-state index in [2.05, 4.69) is 0 Å². The quantitative estimate of drug-likeness (QED) is 0.334. The molecule has 0 atom stereocenters. The van der Waals surface area contributed by atoms with Crippen LogP contribution < -0.4 is 0 Å². The molecule has 0 aliphatic carbocycles. The van der Waals surface area contributed by atoms with Crippen LogP contribution in [0.3, 0.4) is 0 Å². The van der Waals surface area contributed by atoms with Gasteiger partial charge in [0, 0.05) is 0 Å². The molecular weight excluding hydrogens is 272 g/mol. The fraction of sp³-hybridized carbons (Fsp3) is 0. The van der Waals surface area contributed by atoms with E-state index in [1.54, 1.807) is 0 Å². The summed E-state index contributed by atoms with van der Waals surface area (Å²) in [5.41, 5.74) is 0. The normalized spacial score (nSPS) is 7.50. The van der Waals surface area contributed by atoms with Crippen LogP contribution in [0.1, 0.15) is 2.85 Å². The molecule has 0 saturated heterocycles. The zero-order chi connectivity index (χ0) is 4.50. The largest absolute Gasteiger partial charge is 2.00 e. The summed E-state index contributed by atoms with van der Waals surface area (Å²) in [5.74, 6) is 0. The summed E-state index contributed by atoms with van der Waals surface area (Å²) < 4.78 is 0. The van der Waals surface area contributed by atoms with Crippen LogP contribution in [0.5, 0.6) is 0 Å². The maximum absolute atomic E-state index is 7.33. The number of rotatable bonds is 0. The smallest absolute Gasteiger partial charge is 1.00 e. The summed E-state index contributed by atoms with van der Waals surface area (Å²) in [6, 6.07) is 0. The zero-order valence-corrected chi connectivity index (χ0v) is 8.94. The molecule has 8 heavy (non-hydrogen) atoms. The van der Waals surface area contributed by atoms with Gasteiger partial charge in [-0.05, 0) is 0 Å². The van der Waals surface area contributed by atoms with Gasteiger partial charge in [-0.2, -0.15) is 0 Å². The van der Waals surface area contributed by atoms with Gasteiger partial charge in [0.05, 0.1) is 0 Å². The summed E-state index contributed by atoms with van der Waals surface area (Å²) in [6.45, 7) is 0. The maximum Gasteiger partial charge on any atom is 2.00 e. The van der Waals surface area contributed by atoms with Gasteiger partial charge in [0.2, 0.25) is 0 Å². The Kier molecular flexibility index (Phi) is 25.6. The van der Waals surface area contributed by atoms with Gasteiger partial charge in [-0.15, -0.1) is 0 Å². The molecule has 0 aromatic rings. The molecule has 5 nitrogen and oxygen atoms in total. The third-order valence-electron chi connectivity index (χ3n) is 0. The SMILES string of the molecule is O.O[Si](O)(O)O.[AlH3].[Ba+2].[H-].[H-].